The van der Waals surface area contributed by atoms with Crippen LogP contribution >= 0.6 is 0 Å². The molecule has 1 heterocycles. The summed E-state index contributed by atoms with van der Waals surface area (Å²) in [5.41, 5.74) is 5.20. The quantitative estimate of drug-likeness (QED) is 0.740. The predicted molar refractivity (Wildman–Crippen MR) is 65.1 cm³/mol. The van der Waals surface area contributed by atoms with Crippen molar-refractivity contribution in [2.24, 2.45) is 11.1 Å². The normalized spacial score (nSPS) is 26.4. The first-order chi connectivity index (χ1) is 8.10. The molecule has 2 rings (SSSR count). The Morgan fingerprint density at radius 1 is 1.24 bits per heavy atom. The molecule has 4 heteroatoms. The minimum absolute atomic E-state index is 0.0187. The van der Waals surface area contributed by atoms with Gasteiger partial charge in [-0.1, -0.05) is 25.7 Å². The molecule has 4 nitrogen and oxygen atoms in total. The fraction of sp³-hybridized carbons (Fsp3) is 0.846. The lowest BCUT2D eigenvalue weighted by molar-refractivity contribution is -0.143. The Hall–Kier alpha value is -0.900. The largest absolute Gasteiger partial charge is 0.328 e. The van der Waals surface area contributed by atoms with Gasteiger partial charge in [0.1, 0.15) is 0 Å². The van der Waals surface area contributed by atoms with Crippen molar-refractivity contribution in [2.75, 3.05) is 6.54 Å². The second-order valence-electron chi connectivity index (χ2n) is 5.52. The van der Waals surface area contributed by atoms with E-state index in [0.717, 1.165) is 25.7 Å². The third kappa shape index (κ3) is 2.10. The van der Waals surface area contributed by atoms with Crippen molar-refractivity contribution in [1.82, 2.24) is 4.90 Å². The highest BCUT2D eigenvalue weighted by Gasteiger charge is 2.51. The topological polar surface area (TPSA) is 63.4 Å². The van der Waals surface area contributed by atoms with Crippen molar-refractivity contribution < 1.29 is 9.59 Å². The molecular formula is C13H22N2O2. The van der Waals surface area contributed by atoms with Crippen LogP contribution in [0.5, 0.6) is 0 Å². The summed E-state index contributed by atoms with van der Waals surface area (Å²) in [5.74, 6) is 0.0252. The molecule has 1 atom stereocenters. The SMILES string of the molecule is CC(CN)N1C(=O)CC2(CCCCCC2)C1=O. The molecule has 1 aliphatic heterocycles. The van der Waals surface area contributed by atoms with Crippen LogP contribution in [0, 0.1) is 5.41 Å². The Morgan fingerprint density at radius 2 is 1.82 bits per heavy atom. The van der Waals surface area contributed by atoms with Gasteiger partial charge in [-0.15, -0.1) is 0 Å². The lowest BCUT2D eigenvalue weighted by Crippen LogP contribution is -2.44. The summed E-state index contributed by atoms with van der Waals surface area (Å²) < 4.78 is 0. The average Bonchev–Trinajstić information content (AvgIpc) is 2.48. The third-order valence-electron chi connectivity index (χ3n) is 4.27. The summed E-state index contributed by atoms with van der Waals surface area (Å²) in [6, 6.07) is -0.155. The predicted octanol–water partition coefficient (Wildman–Crippen LogP) is 1.43. The molecule has 1 unspecified atom stereocenters. The second-order valence-corrected chi connectivity index (χ2v) is 5.52. The molecule has 0 aromatic carbocycles. The molecular weight excluding hydrogens is 216 g/mol. The fourth-order valence-electron chi connectivity index (χ4n) is 3.17. The summed E-state index contributed by atoms with van der Waals surface area (Å²) in [5, 5.41) is 0. The Bertz CT molecular complexity index is 319. The molecule has 2 N–H and O–H groups in total. The molecule has 1 spiro atoms. The first-order valence-electron chi connectivity index (χ1n) is 6.67. The van der Waals surface area contributed by atoms with Gasteiger partial charge in [-0.05, 0) is 19.8 Å². The number of rotatable bonds is 2. The molecule has 1 aliphatic carbocycles. The van der Waals surface area contributed by atoms with Crippen molar-refractivity contribution in [3.63, 3.8) is 0 Å². The highest BCUT2D eigenvalue weighted by atomic mass is 16.2. The van der Waals surface area contributed by atoms with E-state index < -0.39 is 0 Å². The molecule has 96 valence electrons. The summed E-state index contributed by atoms with van der Waals surface area (Å²) in [4.78, 5) is 25.9. The number of carbonyl (C=O) groups is 2. The monoisotopic (exact) mass is 238 g/mol. The second kappa shape index (κ2) is 4.77. The van der Waals surface area contributed by atoms with Gasteiger partial charge in [0, 0.05) is 19.0 Å². The van der Waals surface area contributed by atoms with E-state index in [9.17, 15) is 9.59 Å². The van der Waals surface area contributed by atoms with Crippen LogP contribution in [-0.2, 0) is 9.59 Å². The zero-order chi connectivity index (χ0) is 12.5. The van der Waals surface area contributed by atoms with Crippen LogP contribution in [0.4, 0.5) is 0 Å². The van der Waals surface area contributed by atoms with Gasteiger partial charge in [-0.3, -0.25) is 14.5 Å². The van der Waals surface area contributed by atoms with Crippen LogP contribution < -0.4 is 5.73 Å². The fourth-order valence-corrected chi connectivity index (χ4v) is 3.17. The summed E-state index contributed by atoms with van der Waals surface area (Å²) in [6.07, 6.45) is 6.70. The zero-order valence-electron chi connectivity index (χ0n) is 10.6. The number of amides is 2. The highest BCUT2D eigenvalue weighted by Crippen LogP contribution is 2.44. The molecule has 2 fully saturated rings. The zero-order valence-corrected chi connectivity index (χ0v) is 10.6. The Morgan fingerprint density at radius 3 is 2.35 bits per heavy atom. The molecule has 2 aliphatic rings. The molecule has 1 saturated heterocycles. The van der Waals surface area contributed by atoms with Gasteiger partial charge in [0.2, 0.25) is 11.8 Å². The number of carbonyl (C=O) groups excluding carboxylic acids is 2. The summed E-state index contributed by atoms with van der Waals surface area (Å²) in [6.45, 7) is 2.21. The number of nitrogens with zero attached hydrogens (tertiary/aromatic N) is 1. The van der Waals surface area contributed by atoms with E-state index in [-0.39, 0.29) is 23.3 Å². The maximum absolute atomic E-state index is 12.5. The van der Waals surface area contributed by atoms with Gasteiger partial charge in [0.15, 0.2) is 0 Å². The molecule has 0 radical (unpaired) electrons. The van der Waals surface area contributed by atoms with E-state index in [1.165, 1.54) is 17.7 Å². The summed E-state index contributed by atoms with van der Waals surface area (Å²) in [7, 11) is 0. The Labute approximate surface area is 103 Å². The minimum atomic E-state index is -0.378. The van der Waals surface area contributed by atoms with Crippen LogP contribution in [0.3, 0.4) is 0 Å². The van der Waals surface area contributed by atoms with E-state index in [1.54, 1.807) is 0 Å². The van der Waals surface area contributed by atoms with E-state index in [1.807, 2.05) is 6.92 Å². The maximum Gasteiger partial charge on any atom is 0.236 e. The van der Waals surface area contributed by atoms with E-state index in [4.69, 9.17) is 5.73 Å². The van der Waals surface area contributed by atoms with Crippen LogP contribution in [-0.4, -0.2) is 29.3 Å². The minimum Gasteiger partial charge on any atom is -0.328 e. The van der Waals surface area contributed by atoms with Crippen LogP contribution in [0.1, 0.15) is 51.9 Å². The lowest BCUT2D eigenvalue weighted by atomic mass is 9.79. The Balaban J connectivity index is 2.21. The maximum atomic E-state index is 12.5. The van der Waals surface area contributed by atoms with Crippen molar-refractivity contribution in [3.05, 3.63) is 0 Å². The number of hydrogen-bond acceptors (Lipinski definition) is 3. The van der Waals surface area contributed by atoms with Gasteiger partial charge in [-0.25, -0.2) is 0 Å². The van der Waals surface area contributed by atoms with Crippen molar-refractivity contribution >= 4 is 11.8 Å². The van der Waals surface area contributed by atoms with Gasteiger partial charge in [0.25, 0.3) is 0 Å². The van der Waals surface area contributed by atoms with Crippen LogP contribution in [0.25, 0.3) is 0 Å². The lowest BCUT2D eigenvalue weighted by Gasteiger charge is -2.27. The van der Waals surface area contributed by atoms with Crippen molar-refractivity contribution in [2.45, 2.75) is 57.9 Å². The summed E-state index contributed by atoms with van der Waals surface area (Å²) >= 11 is 0. The number of hydrogen-bond donors (Lipinski definition) is 1. The van der Waals surface area contributed by atoms with Crippen molar-refractivity contribution in [3.8, 4) is 0 Å². The van der Waals surface area contributed by atoms with Gasteiger partial charge < -0.3 is 5.73 Å². The van der Waals surface area contributed by atoms with E-state index in [0.29, 0.717) is 13.0 Å². The molecule has 0 aromatic heterocycles. The highest BCUT2D eigenvalue weighted by molar-refractivity contribution is 6.06. The smallest absolute Gasteiger partial charge is 0.236 e. The van der Waals surface area contributed by atoms with Crippen LogP contribution in [0.2, 0.25) is 0 Å². The molecule has 17 heavy (non-hydrogen) atoms. The van der Waals surface area contributed by atoms with Gasteiger partial charge in [-0.2, -0.15) is 0 Å². The standard InChI is InChI=1S/C13H22N2O2/c1-10(9-14)15-11(16)8-13(12(15)17)6-4-2-3-5-7-13/h10H,2-9,14H2,1H3. The molecule has 0 aromatic rings. The number of imide groups is 1. The first-order valence-corrected chi connectivity index (χ1v) is 6.67. The first kappa shape index (κ1) is 12.6. The van der Waals surface area contributed by atoms with E-state index in [2.05, 4.69) is 0 Å². The number of nitrogens with two attached hydrogens (primary N) is 1. The molecule has 1 saturated carbocycles. The number of likely N-dealkylation sites (tertiary alicyclic amines) is 1. The average molecular weight is 238 g/mol. The third-order valence-corrected chi connectivity index (χ3v) is 4.27. The van der Waals surface area contributed by atoms with Gasteiger partial charge in [0.05, 0.1) is 5.41 Å². The van der Waals surface area contributed by atoms with E-state index >= 15 is 0 Å². The van der Waals surface area contributed by atoms with Crippen LogP contribution in [0.15, 0.2) is 0 Å². The van der Waals surface area contributed by atoms with Crippen molar-refractivity contribution in [1.29, 1.82) is 0 Å². The molecule has 2 amide bonds. The Kier molecular flexibility index (Phi) is 3.52. The van der Waals surface area contributed by atoms with Gasteiger partial charge >= 0.3 is 0 Å². The molecule has 0 bridgehead atoms.